The first kappa shape index (κ1) is 18.8. The van der Waals surface area contributed by atoms with Crippen LogP contribution in [0.1, 0.15) is 15.9 Å². The van der Waals surface area contributed by atoms with Crippen molar-refractivity contribution < 1.29 is 9.72 Å². The van der Waals surface area contributed by atoms with Gasteiger partial charge in [0.15, 0.2) is 5.78 Å². The summed E-state index contributed by atoms with van der Waals surface area (Å²) in [6.07, 6.45) is 4.22. The largest absolute Gasteiger partial charge is 0.375 e. The molecule has 3 rings (SSSR count). The van der Waals surface area contributed by atoms with Crippen LogP contribution in [0.15, 0.2) is 66.9 Å². The van der Waals surface area contributed by atoms with Gasteiger partial charge in [0, 0.05) is 51.1 Å². The van der Waals surface area contributed by atoms with E-state index in [2.05, 4.69) is 34.1 Å². The fourth-order valence-electron chi connectivity index (χ4n) is 3.17. The van der Waals surface area contributed by atoms with Crippen molar-refractivity contribution in [3.63, 3.8) is 0 Å². The molecule has 1 saturated heterocycles. The zero-order valence-corrected chi connectivity index (χ0v) is 15.2. The van der Waals surface area contributed by atoms with Crippen molar-refractivity contribution in [1.82, 2.24) is 9.80 Å². The van der Waals surface area contributed by atoms with Crippen molar-refractivity contribution in [2.75, 3.05) is 32.7 Å². The molecule has 0 saturated carbocycles. The van der Waals surface area contributed by atoms with Crippen molar-refractivity contribution in [3.8, 4) is 0 Å². The molecule has 1 fully saturated rings. The molecule has 1 aliphatic rings. The van der Waals surface area contributed by atoms with E-state index in [-0.39, 0.29) is 17.0 Å². The number of carbonyl (C=O) groups excluding carboxylic acids is 1. The van der Waals surface area contributed by atoms with E-state index in [0.717, 1.165) is 39.1 Å². The van der Waals surface area contributed by atoms with E-state index in [9.17, 15) is 14.9 Å². The van der Waals surface area contributed by atoms with E-state index in [1.54, 1.807) is 18.3 Å². The van der Waals surface area contributed by atoms with Gasteiger partial charge in [-0.3, -0.25) is 19.8 Å². The molecule has 1 aliphatic heterocycles. The summed E-state index contributed by atoms with van der Waals surface area (Å²) >= 11 is 0. The summed E-state index contributed by atoms with van der Waals surface area (Å²) < 4.78 is 0. The molecule has 27 heavy (non-hydrogen) atoms. The summed E-state index contributed by atoms with van der Waals surface area (Å²) in [4.78, 5) is 27.3. The number of benzene rings is 2. The minimum Gasteiger partial charge on any atom is -0.375 e. The van der Waals surface area contributed by atoms with E-state index >= 15 is 0 Å². The molecule has 2 aromatic rings. The Morgan fingerprint density at radius 1 is 1.00 bits per heavy atom. The van der Waals surface area contributed by atoms with Gasteiger partial charge < -0.3 is 4.90 Å². The van der Waals surface area contributed by atoms with Gasteiger partial charge in [-0.25, -0.2) is 0 Å². The summed E-state index contributed by atoms with van der Waals surface area (Å²) in [5, 5.41) is 11.0. The Morgan fingerprint density at radius 2 is 1.67 bits per heavy atom. The first-order valence-electron chi connectivity index (χ1n) is 9.10. The van der Waals surface area contributed by atoms with E-state index < -0.39 is 4.92 Å². The van der Waals surface area contributed by atoms with E-state index in [0.29, 0.717) is 0 Å². The molecule has 6 heteroatoms. The van der Waals surface area contributed by atoms with E-state index in [1.165, 1.54) is 23.8 Å². The van der Waals surface area contributed by atoms with Gasteiger partial charge in [-0.05, 0) is 18.1 Å². The minimum absolute atomic E-state index is 0.125. The first-order valence-corrected chi connectivity index (χ1v) is 9.10. The predicted octanol–water partition coefficient (Wildman–Crippen LogP) is 3.15. The Balaban J connectivity index is 1.49. The van der Waals surface area contributed by atoms with E-state index in [1.807, 2.05) is 6.07 Å². The first-order chi connectivity index (χ1) is 13.1. The maximum atomic E-state index is 12.3. The standard InChI is InChI=1S/C21H23N3O3/c25-21(19-8-4-5-9-20(19)24(26)27)11-13-23-16-14-22(15-17-23)12-10-18-6-2-1-3-7-18/h1-9,11,13H,10,12,14-17H2. The maximum absolute atomic E-state index is 12.3. The number of nitrogens with zero attached hydrogens (tertiary/aromatic N) is 3. The van der Waals surface area contributed by atoms with Gasteiger partial charge in [0.1, 0.15) is 0 Å². The van der Waals surface area contributed by atoms with Crippen LogP contribution < -0.4 is 0 Å². The molecule has 1 heterocycles. The summed E-state index contributed by atoms with van der Waals surface area (Å²) in [6, 6.07) is 16.5. The van der Waals surface area contributed by atoms with Gasteiger partial charge in [-0.2, -0.15) is 0 Å². The Bertz CT molecular complexity index is 812. The highest BCUT2D eigenvalue weighted by Crippen LogP contribution is 2.18. The number of para-hydroxylation sites is 1. The van der Waals surface area contributed by atoms with Crippen LogP contribution in [0.4, 0.5) is 5.69 Å². The number of ketones is 1. The third-order valence-electron chi connectivity index (χ3n) is 4.77. The average Bonchev–Trinajstić information content (AvgIpc) is 2.72. The molecule has 140 valence electrons. The van der Waals surface area contributed by atoms with Crippen LogP contribution >= 0.6 is 0 Å². The fourth-order valence-corrected chi connectivity index (χ4v) is 3.17. The predicted molar refractivity (Wildman–Crippen MR) is 105 cm³/mol. The highest BCUT2D eigenvalue weighted by molar-refractivity contribution is 6.07. The lowest BCUT2D eigenvalue weighted by Gasteiger charge is -2.34. The minimum atomic E-state index is -0.521. The van der Waals surface area contributed by atoms with Crippen LogP contribution in [-0.4, -0.2) is 53.2 Å². The van der Waals surface area contributed by atoms with Crippen LogP contribution in [0.5, 0.6) is 0 Å². The smallest absolute Gasteiger partial charge is 0.280 e. The van der Waals surface area contributed by atoms with Crippen LogP contribution in [0.25, 0.3) is 0 Å². The summed E-state index contributed by atoms with van der Waals surface area (Å²) in [7, 11) is 0. The molecular formula is C21H23N3O3. The van der Waals surface area contributed by atoms with Gasteiger partial charge in [0.2, 0.25) is 0 Å². The van der Waals surface area contributed by atoms with Crippen molar-refractivity contribution in [2.45, 2.75) is 6.42 Å². The molecule has 0 aromatic heterocycles. The number of nitro groups is 1. The second kappa shape index (κ2) is 9.09. The van der Waals surface area contributed by atoms with Gasteiger partial charge in [-0.15, -0.1) is 0 Å². The van der Waals surface area contributed by atoms with Gasteiger partial charge in [0.05, 0.1) is 10.5 Å². The molecule has 0 spiro atoms. The van der Waals surface area contributed by atoms with Crippen molar-refractivity contribution >= 4 is 11.5 Å². The van der Waals surface area contributed by atoms with Crippen molar-refractivity contribution in [1.29, 1.82) is 0 Å². The second-order valence-corrected chi connectivity index (χ2v) is 6.57. The molecule has 0 amide bonds. The normalized spacial score (nSPS) is 15.2. The van der Waals surface area contributed by atoms with E-state index in [4.69, 9.17) is 0 Å². The van der Waals surface area contributed by atoms with Crippen molar-refractivity contribution in [3.05, 3.63) is 88.1 Å². The number of rotatable bonds is 7. The molecule has 2 aromatic carbocycles. The van der Waals surface area contributed by atoms with Crippen molar-refractivity contribution in [2.24, 2.45) is 0 Å². The fraction of sp³-hybridized carbons (Fsp3) is 0.286. The SMILES string of the molecule is O=C(C=CN1CCN(CCc2ccccc2)CC1)c1ccccc1[N+](=O)[O-]. The summed E-state index contributed by atoms with van der Waals surface area (Å²) in [5.74, 6) is -0.339. The van der Waals surface area contributed by atoms with Crippen LogP contribution in [0.3, 0.4) is 0 Å². The lowest BCUT2D eigenvalue weighted by Crippen LogP contribution is -2.44. The summed E-state index contributed by atoms with van der Waals surface area (Å²) in [5.41, 5.74) is 1.31. The zero-order chi connectivity index (χ0) is 19.1. The maximum Gasteiger partial charge on any atom is 0.280 e. The third-order valence-corrected chi connectivity index (χ3v) is 4.77. The molecule has 0 radical (unpaired) electrons. The average molecular weight is 365 g/mol. The van der Waals surface area contributed by atoms with Gasteiger partial charge in [0.25, 0.3) is 5.69 Å². The molecule has 6 nitrogen and oxygen atoms in total. The molecule has 0 N–H and O–H groups in total. The number of piperazine rings is 1. The highest BCUT2D eigenvalue weighted by atomic mass is 16.6. The molecule has 0 bridgehead atoms. The second-order valence-electron chi connectivity index (χ2n) is 6.57. The quantitative estimate of drug-likeness (QED) is 0.326. The molecule has 0 atom stereocenters. The number of hydrogen-bond donors (Lipinski definition) is 0. The highest BCUT2D eigenvalue weighted by Gasteiger charge is 2.18. The van der Waals surface area contributed by atoms with Crippen LogP contribution in [0.2, 0.25) is 0 Å². The zero-order valence-electron chi connectivity index (χ0n) is 15.2. The Kier molecular flexibility index (Phi) is 6.33. The third kappa shape index (κ3) is 5.24. The lowest BCUT2D eigenvalue weighted by atomic mass is 10.1. The lowest BCUT2D eigenvalue weighted by molar-refractivity contribution is -0.385. The van der Waals surface area contributed by atoms with Crippen LogP contribution in [0, 0.1) is 10.1 Å². The van der Waals surface area contributed by atoms with Gasteiger partial charge in [-0.1, -0.05) is 42.5 Å². The molecular weight excluding hydrogens is 342 g/mol. The monoisotopic (exact) mass is 365 g/mol. The van der Waals surface area contributed by atoms with Gasteiger partial charge >= 0.3 is 0 Å². The molecule has 0 aliphatic carbocycles. The number of allylic oxidation sites excluding steroid dienone is 1. The Hall–Kier alpha value is -2.99. The number of nitro benzene ring substituents is 1. The topological polar surface area (TPSA) is 66.7 Å². The number of hydrogen-bond acceptors (Lipinski definition) is 5. The Morgan fingerprint density at radius 3 is 2.37 bits per heavy atom. The Labute approximate surface area is 158 Å². The number of carbonyl (C=O) groups is 1. The summed E-state index contributed by atoms with van der Waals surface area (Å²) in [6.45, 7) is 4.59. The van der Waals surface area contributed by atoms with Crippen LogP contribution in [-0.2, 0) is 6.42 Å². The molecule has 0 unspecified atom stereocenters.